The molecule has 0 radical (unpaired) electrons. The van der Waals surface area contributed by atoms with Crippen molar-refractivity contribution in [2.24, 2.45) is 0 Å². The van der Waals surface area contributed by atoms with E-state index in [0.29, 0.717) is 0 Å². The number of benzene rings is 4. The van der Waals surface area contributed by atoms with E-state index in [9.17, 15) is 0 Å². The van der Waals surface area contributed by atoms with Crippen molar-refractivity contribution in [3.63, 3.8) is 0 Å². The van der Waals surface area contributed by atoms with E-state index in [2.05, 4.69) is 128 Å². The molecule has 0 aliphatic rings. The molecule has 4 rings (SSSR count). The summed E-state index contributed by atoms with van der Waals surface area (Å²) in [6.45, 7) is 18.3. The number of rotatable bonds is 7. The third kappa shape index (κ3) is 5.37. The number of hydrogen-bond donors (Lipinski definition) is 0. The zero-order valence-electron chi connectivity index (χ0n) is 23.2. The topological polar surface area (TPSA) is 0 Å². The predicted octanol–water partition coefficient (Wildman–Crippen LogP) is 7.72. The second-order valence-electron chi connectivity index (χ2n) is 10.2. The third-order valence-corrected chi connectivity index (χ3v) is 14.0. The van der Waals surface area contributed by atoms with E-state index in [-0.39, 0.29) is 0 Å². The van der Waals surface area contributed by atoms with Gasteiger partial charge in [-0.1, -0.05) is 72.8 Å². The van der Waals surface area contributed by atoms with Crippen LogP contribution in [0.2, 0.25) is 0 Å². The van der Waals surface area contributed by atoms with Gasteiger partial charge in [0.25, 0.3) is 0 Å². The van der Waals surface area contributed by atoms with Crippen molar-refractivity contribution in [2.75, 3.05) is 12.3 Å². The molecule has 0 fully saturated rings. The summed E-state index contributed by atoms with van der Waals surface area (Å²) in [6.07, 6.45) is 2.41. The molecule has 0 unspecified atom stereocenters. The smallest absolute Gasteiger partial charge is 0.0163 e. The van der Waals surface area contributed by atoms with Crippen molar-refractivity contribution < 1.29 is 0 Å². The Bertz CT molecular complexity index is 1170. The first-order chi connectivity index (χ1) is 17.2. The van der Waals surface area contributed by atoms with Crippen molar-refractivity contribution in [1.82, 2.24) is 0 Å². The number of hydrogen-bond acceptors (Lipinski definition) is 0. The summed E-state index contributed by atoms with van der Waals surface area (Å²) in [4.78, 5) is 0. The Morgan fingerprint density at radius 2 is 0.583 bits per heavy atom. The van der Waals surface area contributed by atoms with Gasteiger partial charge >= 0.3 is 0 Å². The summed E-state index contributed by atoms with van der Waals surface area (Å²) in [7, 11) is -0.913. The Kier molecular flexibility index (Phi) is 8.50. The van der Waals surface area contributed by atoms with Gasteiger partial charge in [-0.25, -0.2) is 0 Å². The molecule has 4 aromatic carbocycles. The summed E-state index contributed by atoms with van der Waals surface area (Å²) >= 11 is 0. The van der Waals surface area contributed by atoms with Gasteiger partial charge < -0.3 is 0 Å². The molecule has 0 aromatic heterocycles. The Morgan fingerprint density at radius 3 is 0.806 bits per heavy atom. The zero-order valence-corrected chi connectivity index (χ0v) is 25.0. The molecule has 0 N–H and O–H groups in total. The summed E-state index contributed by atoms with van der Waals surface area (Å²) < 4.78 is 0. The fraction of sp³-hybridized carbons (Fsp3) is 0.294. The molecule has 0 spiro atoms. The second kappa shape index (κ2) is 11.4. The maximum atomic E-state index is 2.40. The largest absolute Gasteiger partial charge is 0.0613 e. The lowest BCUT2D eigenvalue weighted by molar-refractivity contribution is 1.35. The molecule has 0 aliphatic heterocycles. The Morgan fingerprint density at radius 1 is 0.361 bits per heavy atom. The van der Waals surface area contributed by atoms with Crippen LogP contribution in [-0.2, 0) is 0 Å². The molecule has 0 heterocycles. The van der Waals surface area contributed by atoms with Crippen molar-refractivity contribution in [2.45, 2.75) is 55.4 Å². The lowest BCUT2D eigenvalue weighted by Gasteiger charge is -2.28. The van der Waals surface area contributed by atoms with Crippen LogP contribution in [0.3, 0.4) is 0 Å². The zero-order chi connectivity index (χ0) is 26.0. The van der Waals surface area contributed by atoms with Gasteiger partial charge in [-0.15, -0.1) is 0 Å². The highest BCUT2D eigenvalue weighted by molar-refractivity contribution is 7.76. The van der Waals surface area contributed by atoms with Crippen molar-refractivity contribution in [3.05, 3.63) is 117 Å². The van der Waals surface area contributed by atoms with Crippen LogP contribution in [0.1, 0.15) is 44.5 Å². The molecule has 0 atom stereocenters. The number of aryl methyl sites for hydroxylation is 4. The normalized spacial score (nSPS) is 11.5. The minimum atomic E-state index is -0.457. The van der Waals surface area contributed by atoms with Crippen molar-refractivity contribution in [3.8, 4) is 0 Å². The minimum absolute atomic E-state index is 0.457. The van der Waals surface area contributed by atoms with Gasteiger partial charge in [0.1, 0.15) is 0 Å². The Labute approximate surface area is 221 Å². The second-order valence-corrected chi connectivity index (χ2v) is 14.7. The average Bonchev–Trinajstić information content (AvgIpc) is 2.85. The quantitative estimate of drug-likeness (QED) is 0.223. The van der Waals surface area contributed by atoms with Gasteiger partial charge in [0.05, 0.1) is 0 Å². The lowest BCUT2D eigenvalue weighted by atomic mass is 10.1. The third-order valence-electron chi connectivity index (χ3n) is 8.01. The van der Waals surface area contributed by atoms with Gasteiger partial charge in [-0.2, -0.15) is 0 Å². The van der Waals surface area contributed by atoms with Gasteiger partial charge in [-0.3, -0.25) is 0 Å². The molecule has 4 aromatic rings. The molecule has 2 heteroatoms. The SMILES string of the molecule is Cc1cccc(P(CCP(c2cccc(C)c2C)c2cccc(C)c2C)c2cccc(C)c2C)c1C. The van der Waals surface area contributed by atoms with E-state index >= 15 is 0 Å². The highest BCUT2D eigenvalue weighted by Gasteiger charge is 2.24. The molecule has 0 nitrogen and oxygen atoms in total. The molecule has 0 saturated heterocycles. The van der Waals surface area contributed by atoms with Crippen LogP contribution in [0.4, 0.5) is 0 Å². The molecular formula is C34H40P2. The minimum Gasteiger partial charge on any atom is -0.0613 e. The van der Waals surface area contributed by atoms with Crippen LogP contribution in [0.15, 0.2) is 72.8 Å². The highest BCUT2D eigenvalue weighted by Crippen LogP contribution is 2.44. The van der Waals surface area contributed by atoms with E-state index in [4.69, 9.17) is 0 Å². The predicted molar refractivity (Wildman–Crippen MR) is 166 cm³/mol. The van der Waals surface area contributed by atoms with Crippen LogP contribution in [0.5, 0.6) is 0 Å². The molecule has 0 saturated carbocycles. The Hall–Kier alpha value is -2.26. The first-order valence-electron chi connectivity index (χ1n) is 13.0. The van der Waals surface area contributed by atoms with Crippen LogP contribution in [0.25, 0.3) is 0 Å². The van der Waals surface area contributed by atoms with E-state index in [1.54, 1.807) is 21.2 Å². The van der Waals surface area contributed by atoms with Crippen LogP contribution in [0, 0.1) is 55.4 Å². The van der Waals surface area contributed by atoms with Crippen LogP contribution in [-0.4, -0.2) is 12.3 Å². The van der Waals surface area contributed by atoms with E-state index in [1.807, 2.05) is 0 Å². The van der Waals surface area contributed by atoms with Gasteiger partial charge in [0, 0.05) is 0 Å². The maximum absolute atomic E-state index is 2.40. The average molecular weight is 511 g/mol. The molecule has 0 aliphatic carbocycles. The Balaban J connectivity index is 1.83. The summed E-state index contributed by atoms with van der Waals surface area (Å²) in [5.74, 6) is 0. The maximum Gasteiger partial charge on any atom is -0.0163 e. The fourth-order valence-corrected chi connectivity index (χ4v) is 11.5. The van der Waals surface area contributed by atoms with Crippen LogP contribution < -0.4 is 21.2 Å². The molecular weight excluding hydrogens is 470 g/mol. The van der Waals surface area contributed by atoms with Crippen molar-refractivity contribution in [1.29, 1.82) is 0 Å². The molecule has 0 amide bonds. The monoisotopic (exact) mass is 510 g/mol. The molecule has 186 valence electrons. The van der Waals surface area contributed by atoms with Gasteiger partial charge in [0.15, 0.2) is 0 Å². The highest BCUT2D eigenvalue weighted by atomic mass is 31.1. The summed E-state index contributed by atoms with van der Waals surface area (Å²) in [6, 6.07) is 27.7. The van der Waals surface area contributed by atoms with E-state index in [1.165, 1.54) is 56.8 Å². The molecule has 0 bridgehead atoms. The lowest BCUT2D eigenvalue weighted by Crippen LogP contribution is -2.25. The summed E-state index contributed by atoms with van der Waals surface area (Å²) in [5, 5.41) is 6.21. The van der Waals surface area contributed by atoms with E-state index < -0.39 is 15.8 Å². The van der Waals surface area contributed by atoms with Gasteiger partial charge in [0.2, 0.25) is 0 Å². The summed E-state index contributed by atoms with van der Waals surface area (Å²) in [5.41, 5.74) is 11.5. The van der Waals surface area contributed by atoms with E-state index in [0.717, 1.165) is 0 Å². The first kappa shape index (κ1) is 26.8. The molecule has 36 heavy (non-hydrogen) atoms. The van der Waals surface area contributed by atoms with Crippen molar-refractivity contribution >= 4 is 37.1 Å². The first-order valence-corrected chi connectivity index (χ1v) is 16.1. The standard InChI is InChI=1S/C34H40P2/c1-23-13-9-17-31(27(23)5)35(32-18-10-14-24(2)28(32)6)21-22-36(33-19-11-15-25(3)29(33)7)34-20-12-16-26(4)30(34)8/h9-20H,21-22H2,1-8H3. The van der Waals surface area contributed by atoms with Gasteiger partial charge in [-0.05, 0) is 149 Å². The fourth-order valence-electron chi connectivity index (χ4n) is 5.05. The van der Waals surface area contributed by atoms with Crippen LogP contribution >= 0.6 is 15.8 Å².